The predicted molar refractivity (Wildman–Crippen MR) is 98.3 cm³/mol. The number of benzene rings is 3. The van der Waals surface area contributed by atoms with Crippen LogP contribution in [0.3, 0.4) is 0 Å². The first kappa shape index (κ1) is 14.5. The Labute approximate surface area is 148 Å². The number of rotatable bonds is 2. The van der Waals surface area contributed by atoms with E-state index < -0.39 is 0 Å². The van der Waals surface area contributed by atoms with E-state index in [4.69, 9.17) is 4.74 Å². The molecule has 1 aliphatic carbocycles. The molecule has 3 aromatic carbocycles. The molecule has 0 aromatic heterocycles. The standard InChI is InChI=1S/C20H13IO2/c21-14-11-9-13(10-12-14)20(22)23-19-17-7-3-1-5-15(17)16-6-2-4-8-18(16)19/h1-12,19H. The van der Waals surface area contributed by atoms with E-state index in [-0.39, 0.29) is 12.1 Å². The zero-order valence-electron chi connectivity index (χ0n) is 12.2. The van der Waals surface area contributed by atoms with Gasteiger partial charge in [-0.1, -0.05) is 48.5 Å². The molecule has 23 heavy (non-hydrogen) atoms. The Morgan fingerprint density at radius 1 is 0.783 bits per heavy atom. The molecule has 3 aromatic rings. The third-order valence-electron chi connectivity index (χ3n) is 4.08. The van der Waals surface area contributed by atoms with Gasteiger partial charge in [0.2, 0.25) is 0 Å². The molecule has 112 valence electrons. The minimum atomic E-state index is -0.339. The SMILES string of the molecule is O=C(OC1c2ccccc2-c2ccccc21)c1ccc(I)cc1. The molecular weight excluding hydrogens is 399 g/mol. The molecule has 0 unspecified atom stereocenters. The summed E-state index contributed by atoms with van der Waals surface area (Å²) in [6.45, 7) is 0. The molecule has 0 heterocycles. The van der Waals surface area contributed by atoms with Gasteiger partial charge in [-0.15, -0.1) is 0 Å². The highest BCUT2D eigenvalue weighted by Gasteiger charge is 2.31. The number of halogens is 1. The van der Waals surface area contributed by atoms with E-state index in [2.05, 4.69) is 34.7 Å². The molecule has 0 bridgehead atoms. The van der Waals surface area contributed by atoms with Crippen LogP contribution in [0, 0.1) is 3.57 Å². The molecular formula is C20H13IO2. The lowest BCUT2D eigenvalue weighted by molar-refractivity contribution is 0.0386. The first-order chi connectivity index (χ1) is 11.2. The summed E-state index contributed by atoms with van der Waals surface area (Å²) in [7, 11) is 0. The summed E-state index contributed by atoms with van der Waals surface area (Å²) in [5.74, 6) is -0.294. The van der Waals surface area contributed by atoms with Crippen LogP contribution >= 0.6 is 22.6 Å². The number of carbonyl (C=O) groups excluding carboxylic acids is 1. The maximum absolute atomic E-state index is 12.5. The molecule has 4 rings (SSSR count). The zero-order valence-corrected chi connectivity index (χ0v) is 14.4. The fraction of sp³-hybridized carbons (Fsp3) is 0.0500. The number of carbonyl (C=O) groups is 1. The van der Waals surface area contributed by atoms with Crippen molar-refractivity contribution in [2.45, 2.75) is 6.10 Å². The monoisotopic (exact) mass is 412 g/mol. The molecule has 1 aliphatic rings. The van der Waals surface area contributed by atoms with Gasteiger partial charge >= 0.3 is 5.97 Å². The van der Waals surface area contributed by atoms with Gasteiger partial charge in [-0.2, -0.15) is 0 Å². The molecule has 2 nitrogen and oxygen atoms in total. The second kappa shape index (κ2) is 5.81. The fourth-order valence-corrected chi connectivity index (χ4v) is 3.36. The molecule has 0 N–H and O–H groups in total. The summed E-state index contributed by atoms with van der Waals surface area (Å²) in [5, 5.41) is 0. The number of esters is 1. The normalized spacial score (nSPS) is 12.6. The van der Waals surface area contributed by atoms with Crippen molar-refractivity contribution in [2.75, 3.05) is 0 Å². The van der Waals surface area contributed by atoms with Crippen LogP contribution in [-0.2, 0) is 4.74 Å². The quantitative estimate of drug-likeness (QED) is 0.426. The van der Waals surface area contributed by atoms with E-state index in [9.17, 15) is 4.79 Å². The third-order valence-corrected chi connectivity index (χ3v) is 4.80. The molecule has 0 saturated carbocycles. The summed E-state index contributed by atoms with van der Waals surface area (Å²) < 4.78 is 6.94. The van der Waals surface area contributed by atoms with E-state index in [0.717, 1.165) is 25.8 Å². The third kappa shape index (κ3) is 2.55. The van der Waals surface area contributed by atoms with Crippen molar-refractivity contribution >= 4 is 28.6 Å². The van der Waals surface area contributed by atoms with Crippen LogP contribution in [0.1, 0.15) is 27.6 Å². The van der Waals surface area contributed by atoms with Gasteiger partial charge in [0, 0.05) is 14.7 Å². The van der Waals surface area contributed by atoms with Gasteiger partial charge in [0.25, 0.3) is 0 Å². The maximum Gasteiger partial charge on any atom is 0.339 e. The Morgan fingerprint density at radius 2 is 1.30 bits per heavy atom. The van der Waals surface area contributed by atoms with Gasteiger partial charge in [0.05, 0.1) is 5.56 Å². The number of hydrogen-bond donors (Lipinski definition) is 0. The van der Waals surface area contributed by atoms with Crippen LogP contribution in [0.25, 0.3) is 11.1 Å². The smallest absolute Gasteiger partial charge is 0.339 e. The predicted octanol–water partition coefficient (Wildman–Crippen LogP) is 5.22. The maximum atomic E-state index is 12.5. The Bertz CT molecular complexity index is 839. The van der Waals surface area contributed by atoms with E-state index >= 15 is 0 Å². The second-order valence-corrected chi connectivity index (χ2v) is 6.71. The number of ether oxygens (including phenoxy) is 1. The first-order valence-corrected chi connectivity index (χ1v) is 8.47. The van der Waals surface area contributed by atoms with Crippen LogP contribution in [0.15, 0.2) is 72.8 Å². The number of hydrogen-bond acceptors (Lipinski definition) is 2. The fourth-order valence-electron chi connectivity index (χ4n) is 3.00. The lowest BCUT2D eigenvalue weighted by Gasteiger charge is -2.15. The minimum absolute atomic E-state index is 0.294. The van der Waals surface area contributed by atoms with Crippen molar-refractivity contribution in [3.05, 3.63) is 93.1 Å². The van der Waals surface area contributed by atoms with Crippen molar-refractivity contribution in [1.82, 2.24) is 0 Å². The first-order valence-electron chi connectivity index (χ1n) is 7.39. The van der Waals surface area contributed by atoms with Crippen molar-refractivity contribution in [1.29, 1.82) is 0 Å². The summed E-state index contributed by atoms with van der Waals surface area (Å²) in [6, 6.07) is 23.6. The van der Waals surface area contributed by atoms with E-state index in [1.165, 1.54) is 0 Å². The molecule has 0 amide bonds. The Hall–Kier alpha value is -2.14. The van der Waals surface area contributed by atoms with Gasteiger partial charge in [-0.05, 0) is 58.0 Å². The van der Waals surface area contributed by atoms with Crippen LogP contribution in [0.4, 0.5) is 0 Å². The molecule has 0 aliphatic heterocycles. The van der Waals surface area contributed by atoms with Crippen LogP contribution in [0.5, 0.6) is 0 Å². The van der Waals surface area contributed by atoms with Crippen molar-refractivity contribution in [2.24, 2.45) is 0 Å². The Balaban J connectivity index is 1.71. The largest absolute Gasteiger partial charge is 0.449 e. The average Bonchev–Trinajstić information content (AvgIpc) is 2.90. The summed E-state index contributed by atoms with van der Waals surface area (Å²) in [5.41, 5.74) is 4.96. The van der Waals surface area contributed by atoms with Crippen LogP contribution in [-0.4, -0.2) is 5.97 Å². The van der Waals surface area contributed by atoms with Crippen molar-refractivity contribution in [3.8, 4) is 11.1 Å². The average molecular weight is 412 g/mol. The molecule has 3 heteroatoms. The topological polar surface area (TPSA) is 26.3 Å². The summed E-state index contributed by atoms with van der Waals surface area (Å²) in [4.78, 5) is 12.5. The molecule has 0 fully saturated rings. The summed E-state index contributed by atoms with van der Waals surface area (Å²) >= 11 is 2.22. The second-order valence-electron chi connectivity index (χ2n) is 5.47. The van der Waals surface area contributed by atoms with Crippen LogP contribution < -0.4 is 0 Å². The Morgan fingerprint density at radius 3 is 1.87 bits per heavy atom. The molecule has 0 saturated heterocycles. The van der Waals surface area contributed by atoms with Gasteiger partial charge < -0.3 is 4.74 Å². The lowest BCUT2D eigenvalue weighted by atomic mass is 10.1. The van der Waals surface area contributed by atoms with Crippen molar-refractivity contribution in [3.63, 3.8) is 0 Å². The number of fused-ring (bicyclic) bond motifs is 3. The van der Waals surface area contributed by atoms with E-state index in [0.29, 0.717) is 5.56 Å². The molecule has 0 atom stereocenters. The highest BCUT2D eigenvalue weighted by molar-refractivity contribution is 14.1. The van der Waals surface area contributed by atoms with Crippen molar-refractivity contribution < 1.29 is 9.53 Å². The van der Waals surface area contributed by atoms with Gasteiger partial charge in [0.15, 0.2) is 6.10 Å². The molecule has 0 radical (unpaired) electrons. The highest BCUT2D eigenvalue weighted by atomic mass is 127. The lowest BCUT2D eigenvalue weighted by Crippen LogP contribution is -2.11. The van der Waals surface area contributed by atoms with E-state index in [1.54, 1.807) is 12.1 Å². The van der Waals surface area contributed by atoms with Crippen LogP contribution in [0.2, 0.25) is 0 Å². The summed E-state index contributed by atoms with van der Waals surface area (Å²) in [6.07, 6.45) is -0.339. The highest BCUT2D eigenvalue weighted by Crippen LogP contribution is 2.45. The van der Waals surface area contributed by atoms with Gasteiger partial charge in [-0.3, -0.25) is 0 Å². The Kier molecular flexibility index (Phi) is 3.65. The van der Waals surface area contributed by atoms with Gasteiger partial charge in [0.1, 0.15) is 0 Å². The molecule has 0 spiro atoms. The van der Waals surface area contributed by atoms with E-state index in [1.807, 2.05) is 48.5 Å². The zero-order chi connectivity index (χ0) is 15.8. The van der Waals surface area contributed by atoms with Gasteiger partial charge in [-0.25, -0.2) is 4.79 Å². The minimum Gasteiger partial charge on any atom is -0.449 e.